The van der Waals surface area contributed by atoms with E-state index >= 15 is 0 Å². The number of rotatable bonds is 0. The Hall–Kier alpha value is -1.79. The molecule has 1 aliphatic heterocycles. The number of phenolic OH excluding ortho intramolecular Hbond substituents is 1. The van der Waals surface area contributed by atoms with Crippen molar-refractivity contribution >= 4 is 5.91 Å². The van der Waals surface area contributed by atoms with Gasteiger partial charge in [0.05, 0.1) is 0 Å². The molecule has 19 heavy (non-hydrogen) atoms. The van der Waals surface area contributed by atoms with E-state index in [0.717, 1.165) is 12.1 Å². The quantitative estimate of drug-likeness (QED) is 0.737. The van der Waals surface area contributed by atoms with Crippen molar-refractivity contribution in [3.05, 3.63) is 29.1 Å². The molecule has 1 N–H and O–H groups in total. The van der Waals surface area contributed by atoms with Crippen LogP contribution in [0.25, 0.3) is 0 Å². The van der Waals surface area contributed by atoms with E-state index in [1.165, 1.54) is 0 Å². The highest BCUT2D eigenvalue weighted by Gasteiger charge is 2.42. The van der Waals surface area contributed by atoms with Crippen LogP contribution in [0.5, 0.6) is 5.75 Å². The molecule has 0 saturated heterocycles. The largest absolute Gasteiger partial charge is 0.508 e. The molecule has 0 bridgehead atoms. The van der Waals surface area contributed by atoms with Gasteiger partial charge in [-0.15, -0.1) is 0 Å². The van der Waals surface area contributed by atoms with Crippen molar-refractivity contribution in [3.8, 4) is 5.75 Å². The molecule has 7 heteroatoms. The fourth-order valence-electron chi connectivity index (χ4n) is 2.19. The average Bonchev–Trinajstić information content (AvgIpc) is 2.55. The van der Waals surface area contributed by atoms with Crippen LogP contribution in [0.15, 0.2) is 12.1 Å². The van der Waals surface area contributed by atoms with Crippen molar-refractivity contribution in [2.75, 3.05) is 13.1 Å². The Kier molecular flexibility index (Phi) is 3.38. The third-order valence-corrected chi connectivity index (χ3v) is 3.14. The molecular formula is C12H11F4NO2. The summed E-state index contributed by atoms with van der Waals surface area (Å²) in [4.78, 5) is 11.8. The van der Waals surface area contributed by atoms with E-state index in [0.29, 0.717) is 4.90 Å². The molecule has 0 radical (unpaired) electrons. The van der Waals surface area contributed by atoms with Crippen LogP contribution < -0.4 is 0 Å². The highest BCUT2D eigenvalue weighted by atomic mass is 19.4. The molecule has 104 valence electrons. The summed E-state index contributed by atoms with van der Waals surface area (Å²) in [5.41, 5.74) is 0.454. The predicted molar refractivity (Wildman–Crippen MR) is 58.1 cm³/mol. The first-order valence-corrected chi connectivity index (χ1v) is 5.66. The number of carbonyl (C=O) groups excluding carboxylic acids is 1. The Bertz CT molecular complexity index is 480. The highest BCUT2D eigenvalue weighted by molar-refractivity contribution is 5.82. The summed E-state index contributed by atoms with van der Waals surface area (Å²) in [5, 5.41) is 9.60. The summed E-state index contributed by atoms with van der Waals surface area (Å²) < 4.78 is 50.6. The molecule has 1 aromatic carbocycles. The first-order valence-electron chi connectivity index (χ1n) is 5.66. The monoisotopic (exact) mass is 277 g/mol. The standard InChI is InChI=1S/C12H11F4NO2/c13-9-1-2-10(18)8-4-6-17(5-3-7(8)9)11(19)12(14,15)16/h1-2,18H,3-6H2. The van der Waals surface area contributed by atoms with Gasteiger partial charge < -0.3 is 10.0 Å². The van der Waals surface area contributed by atoms with Crippen LogP contribution in [0.2, 0.25) is 0 Å². The van der Waals surface area contributed by atoms with Crippen molar-refractivity contribution in [3.63, 3.8) is 0 Å². The number of halogens is 4. The number of benzene rings is 1. The van der Waals surface area contributed by atoms with Crippen LogP contribution in [-0.2, 0) is 17.6 Å². The number of nitrogens with zero attached hydrogens (tertiary/aromatic N) is 1. The van der Waals surface area contributed by atoms with Gasteiger partial charge in [-0.1, -0.05) is 0 Å². The van der Waals surface area contributed by atoms with Crippen LogP contribution in [0.3, 0.4) is 0 Å². The lowest BCUT2D eigenvalue weighted by atomic mass is 10.0. The zero-order valence-corrected chi connectivity index (χ0v) is 9.80. The van der Waals surface area contributed by atoms with Gasteiger partial charge in [-0.2, -0.15) is 13.2 Å². The summed E-state index contributed by atoms with van der Waals surface area (Å²) in [6.07, 6.45) is -4.98. The van der Waals surface area contributed by atoms with E-state index in [1.54, 1.807) is 0 Å². The van der Waals surface area contributed by atoms with Gasteiger partial charge in [0.2, 0.25) is 0 Å². The predicted octanol–water partition coefficient (Wildman–Crippen LogP) is 2.02. The van der Waals surface area contributed by atoms with E-state index in [-0.39, 0.29) is 42.8 Å². The van der Waals surface area contributed by atoms with Crippen LogP contribution >= 0.6 is 0 Å². The van der Waals surface area contributed by atoms with Crippen molar-refractivity contribution in [2.24, 2.45) is 0 Å². The molecule has 0 unspecified atom stereocenters. The molecule has 0 saturated carbocycles. The molecule has 1 heterocycles. The van der Waals surface area contributed by atoms with E-state index in [4.69, 9.17) is 0 Å². The van der Waals surface area contributed by atoms with Crippen LogP contribution in [0.1, 0.15) is 11.1 Å². The SMILES string of the molecule is O=C(N1CCc2c(O)ccc(F)c2CC1)C(F)(F)F. The van der Waals surface area contributed by atoms with Gasteiger partial charge >= 0.3 is 12.1 Å². The van der Waals surface area contributed by atoms with Crippen LogP contribution in [0, 0.1) is 5.82 Å². The number of aromatic hydroxyl groups is 1. The van der Waals surface area contributed by atoms with E-state index < -0.39 is 17.9 Å². The molecule has 0 aliphatic carbocycles. The van der Waals surface area contributed by atoms with Gasteiger partial charge in [0, 0.05) is 18.7 Å². The highest BCUT2D eigenvalue weighted by Crippen LogP contribution is 2.28. The average molecular weight is 277 g/mol. The molecule has 0 atom stereocenters. The maximum absolute atomic E-state index is 13.6. The summed E-state index contributed by atoms with van der Waals surface area (Å²) in [5.74, 6) is -2.66. The van der Waals surface area contributed by atoms with Gasteiger partial charge in [-0.25, -0.2) is 4.39 Å². The van der Waals surface area contributed by atoms with Crippen LogP contribution in [-0.4, -0.2) is 35.2 Å². The van der Waals surface area contributed by atoms with Crippen molar-refractivity contribution in [2.45, 2.75) is 19.0 Å². The molecule has 0 fully saturated rings. The first-order chi connectivity index (χ1) is 8.80. The van der Waals surface area contributed by atoms with Gasteiger partial charge in [0.25, 0.3) is 0 Å². The first kappa shape index (κ1) is 13.6. The molecular weight excluding hydrogens is 266 g/mol. The van der Waals surface area contributed by atoms with E-state index in [9.17, 15) is 27.5 Å². The van der Waals surface area contributed by atoms with Crippen molar-refractivity contribution in [1.82, 2.24) is 4.90 Å². The number of alkyl halides is 3. The second-order valence-corrected chi connectivity index (χ2v) is 4.31. The fraction of sp³-hybridized carbons (Fsp3) is 0.417. The second kappa shape index (κ2) is 4.71. The van der Waals surface area contributed by atoms with Crippen molar-refractivity contribution < 1.29 is 27.5 Å². The van der Waals surface area contributed by atoms with Gasteiger partial charge in [0.15, 0.2) is 0 Å². The Morgan fingerprint density at radius 2 is 1.74 bits per heavy atom. The number of phenols is 1. The Morgan fingerprint density at radius 3 is 2.32 bits per heavy atom. The normalized spacial score (nSPS) is 15.9. The number of amides is 1. The molecule has 0 spiro atoms. The summed E-state index contributed by atoms with van der Waals surface area (Å²) in [6.45, 7) is -0.409. The second-order valence-electron chi connectivity index (χ2n) is 4.31. The molecule has 0 aromatic heterocycles. The lowest BCUT2D eigenvalue weighted by Gasteiger charge is -2.21. The minimum Gasteiger partial charge on any atom is -0.508 e. The van der Waals surface area contributed by atoms with Gasteiger partial charge in [0.1, 0.15) is 11.6 Å². The molecule has 2 rings (SSSR count). The Morgan fingerprint density at radius 1 is 1.16 bits per heavy atom. The van der Waals surface area contributed by atoms with Gasteiger partial charge in [-0.05, 0) is 30.5 Å². The third-order valence-electron chi connectivity index (χ3n) is 3.14. The third kappa shape index (κ3) is 2.64. The lowest BCUT2D eigenvalue weighted by Crippen LogP contribution is -2.42. The lowest BCUT2D eigenvalue weighted by molar-refractivity contribution is -0.185. The number of hydrogen-bond donors (Lipinski definition) is 1. The fourth-order valence-corrected chi connectivity index (χ4v) is 2.19. The van der Waals surface area contributed by atoms with Crippen LogP contribution in [0.4, 0.5) is 17.6 Å². The number of fused-ring (bicyclic) bond motifs is 1. The van der Waals surface area contributed by atoms with E-state index in [2.05, 4.69) is 0 Å². The maximum atomic E-state index is 13.6. The summed E-state index contributed by atoms with van der Waals surface area (Å²) in [7, 11) is 0. The topological polar surface area (TPSA) is 40.5 Å². The zero-order chi connectivity index (χ0) is 14.2. The minimum atomic E-state index is -4.93. The smallest absolute Gasteiger partial charge is 0.471 e. The summed E-state index contributed by atoms with van der Waals surface area (Å²) >= 11 is 0. The van der Waals surface area contributed by atoms with Crippen molar-refractivity contribution in [1.29, 1.82) is 0 Å². The molecule has 1 aromatic rings. The molecule has 3 nitrogen and oxygen atoms in total. The number of carbonyl (C=O) groups is 1. The Balaban J connectivity index is 2.25. The maximum Gasteiger partial charge on any atom is 0.471 e. The molecule has 1 amide bonds. The zero-order valence-electron chi connectivity index (χ0n) is 9.80. The molecule has 1 aliphatic rings. The van der Waals surface area contributed by atoms with Gasteiger partial charge in [-0.3, -0.25) is 4.79 Å². The Labute approximate surface area is 106 Å². The van der Waals surface area contributed by atoms with E-state index in [1.807, 2.05) is 0 Å². The number of hydrogen-bond acceptors (Lipinski definition) is 2. The summed E-state index contributed by atoms with van der Waals surface area (Å²) in [6, 6.07) is 2.23. The minimum absolute atomic E-state index is 0.000741.